The van der Waals surface area contributed by atoms with E-state index in [9.17, 15) is 13.2 Å². The number of esters is 1. The van der Waals surface area contributed by atoms with E-state index in [-0.39, 0.29) is 11.5 Å². The number of hydrogen-bond donors (Lipinski definition) is 1. The lowest BCUT2D eigenvalue weighted by Gasteiger charge is -2.07. The zero-order chi connectivity index (χ0) is 13.6. The lowest BCUT2D eigenvalue weighted by molar-refractivity contribution is -0.141. The molecule has 0 heterocycles. The third-order valence-electron chi connectivity index (χ3n) is 2.06. The number of sulfonamides is 1. The zero-order valence-corrected chi connectivity index (χ0v) is 11.0. The van der Waals surface area contributed by atoms with Gasteiger partial charge in [-0.1, -0.05) is 6.07 Å². The van der Waals surface area contributed by atoms with E-state index >= 15 is 0 Å². The molecule has 0 atom stereocenters. The molecule has 0 unspecified atom stereocenters. The monoisotopic (exact) mass is 273 g/mol. The van der Waals surface area contributed by atoms with Crippen LogP contribution in [0.2, 0.25) is 0 Å². The number of carbonyl (C=O) groups excluding carboxylic acids is 1. The summed E-state index contributed by atoms with van der Waals surface area (Å²) in [5.74, 6) is -0.196. The Hall–Kier alpha value is -1.60. The van der Waals surface area contributed by atoms with Crippen molar-refractivity contribution in [2.24, 2.45) is 0 Å². The summed E-state index contributed by atoms with van der Waals surface area (Å²) < 4.78 is 35.4. The predicted octanol–water partition coefficient (Wildman–Crippen LogP) is 0.537. The van der Waals surface area contributed by atoms with Crippen LogP contribution in [0.3, 0.4) is 0 Å². The van der Waals surface area contributed by atoms with Gasteiger partial charge in [0.1, 0.15) is 12.3 Å². The minimum atomic E-state index is -3.74. The number of nitrogens with one attached hydrogen (secondary N) is 1. The van der Waals surface area contributed by atoms with Crippen LogP contribution in [0.25, 0.3) is 0 Å². The van der Waals surface area contributed by atoms with Gasteiger partial charge in [0.15, 0.2) is 0 Å². The lowest BCUT2D eigenvalue weighted by Crippen LogP contribution is -2.30. The summed E-state index contributed by atoms with van der Waals surface area (Å²) in [7, 11) is -2.29. The Bertz CT molecular complexity index is 512. The zero-order valence-electron chi connectivity index (χ0n) is 10.2. The van der Waals surface area contributed by atoms with Crippen LogP contribution in [0.15, 0.2) is 29.2 Å². The second-order valence-corrected chi connectivity index (χ2v) is 5.08. The minimum absolute atomic E-state index is 0.0335. The number of ether oxygens (including phenoxy) is 2. The Balaban J connectivity index is 2.76. The first-order valence-electron chi connectivity index (χ1n) is 5.29. The summed E-state index contributed by atoms with van der Waals surface area (Å²) in [5, 5.41) is 0. The molecule has 0 aliphatic heterocycles. The molecule has 100 valence electrons. The maximum atomic E-state index is 11.8. The molecule has 0 spiro atoms. The van der Waals surface area contributed by atoms with E-state index in [1.807, 2.05) is 0 Å². The topological polar surface area (TPSA) is 81.7 Å². The highest BCUT2D eigenvalue weighted by Gasteiger charge is 2.16. The summed E-state index contributed by atoms with van der Waals surface area (Å²) in [6.45, 7) is 1.46. The number of hydrogen-bond acceptors (Lipinski definition) is 5. The Morgan fingerprint density at radius 2 is 2.11 bits per heavy atom. The fourth-order valence-electron chi connectivity index (χ4n) is 1.22. The van der Waals surface area contributed by atoms with Gasteiger partial charge in [-0.15, -0.1) is 0 Å². The molecule has 0 radical (unpaired) electrons. The summed E-state index contributed by atoms with van der Waals surface area (Å²) in [6, 6.07) is 5.96. The van der Waals surface area contributed by atoms with Gasteiger partial charge in [0, 0.05) is 6.07 Å². The summed E-state index contributed by atoms with van der Waals surface area (Å²) in [5.41, 5.74) is 0. The lowest BCUT2D eigenvalue weighted by atomic mass is 10.3. The second kappa shape index (κ2) is 6.36. The van der Waals surface area contributed by atoms with E-state index in [0.29, 0.717) is 5.75 Å². The van der Waals surface area contributed by atoms with Crippen LogP contribution >= 0.6 is 0 Å². The molecule has 0 aliphatic rings. The number of methoxy groups -OCH3 is 1. The van der Waals surface area contributed by atoms with Crippen molar-refractivity contribution in [3.63, 3.8) is 0 Å². The molecule has 0 fully saturated rings. The van der Waals surface area contributed by atoms with Gasteiger partial charge >= 0.3 is 5.97 Å². The average molecular weight is 273 g/mol. The maximum absolute atomic E-state index is 11.8. The normalized spacial score (nSPS) is 11.0. The molecule has 0 aromatic heterocycles. The van der Waals surface area contributed by atoms with Crippen molar-refractivity contribution in [2.45, 2.75) is 11.8 Å². The molecule has 18 heavy (non-hydrogen) atoms. The van der Waals surface area contributed by atoms with E-state index in [1.165, 1.54) is 19.2 Å². The average Bonchev–Trinajstić information content (AvgIpc) is 2.37. The van der Waals surface area contributed by atoms with Gasteiger partial charge in [-0.3, -0.25) is 4.79 Å². The number of rotatable bonds is 6. The highest BCUT2D eigenvalue weighted by atomic mass is 32.2. The molecule has 1 N–H and O–H groups in total. The van der Waals surface area contributed by atoms with Crippen LogP contribution in [0.1, 0.15) is 6.92 Å². The quantitative estimate of drug-likeness (QED) is 0.765. The fraction of sp³-hybridized carbons (Fsp3) is 0.364. The first kappa shape index (κ1) is 14.5. The van der Waals surface area contributed by atoms with Crippen LogP contribution in [0.5, 0.6) is 5.75 Å². The van der Waals surface area contributed by atoms with Crippen LogP contribution in [0.4, 0.5) is 0 Å². The van der Waals surface area contributed by atoms with E-state index in [2.05, 4.69) is 9.46 Å². The van der Waals surface area contributed by atoms with Crippen molar-refractivity contribution in [1.29, 1.82) is 0 Å². The Morgan fingerprint density at radius 1 is 1.39 bits per heavy atom. The third-order valence-corrected chi connectivity index (χ3v) is 3.46. The van der Waals surface area contributed by atoms with E-state index in [4.69, 9.17) is 4.74 Å². The smallest absolute Gasteiger partial charge is 0.321 e. The van der Waals surface area contributed by atoms with Crippen LogP contribution in [-0.4, -0.2) is 34.6 Å². The van der Waals surface area contributed by atoms with Crippen molar-refractivity contribution in [1.82, 2.24) is 4.72 Å². The SMILES string of the molecule is CCOC(=O)CNS(=O)(=O)c1cccc(OC)c1. The molecule has 0 aliphatic carbocycles. The standard InChI is InChI=1S/C11H15NO5S/c1-3-17-11(13)8-12-18(14,15)10-6-4-5-9(7-10)16-2/h4-7,12H,3,8H2,1-2H3. The molecule has 1 rings (SSSR count). The third kappa shape index (κ3) is 4.01. The first-order chi connectivity index (χ1) is 8.49. The van der Waals surface area contributed by atoms with Crippen LogP contribution < -0.4 is 9.46 Å². The molecule has 1 aromatic carbocycles. The summed E-state index contributed by atoms with van der Waals surface area (Å²) in [4.78, 5) is 11.1. The molecule has 1 aromatic rings. The van der Waals surface area contributed by atoms with Crippen molar-refractivity contribution in [2.75, 3.05) is 20.3 Å². The van der Waals surface area contributed by atoms with Crippen molar-refractivity contribution in [3.8, 4) is 5.75 Å². The molecule has 0 saturated carbocycles. The number of carbonyl (C=O) groups is 1. The summed E-state index contributed by atoms with van der Waals surface area (Å²) in [6.07, 6.45) is 0. The highest BCUT2D eigenvalue weighted by Crippen LogP contribution is 2.16. The van der Waals surface area contributed by atoms with E-state index < -0.39 is 22.5 Å². The van der Waals surface area contributed by atoms with E-state index in [0.717, 1.165) is 0 Å². The van der Waals surface area contributed by atoms with Gasteiger partial charge in [-0.05, 0) is 19.1 Å². The van der Waals surface area contributed by atoms with E-state index in [1.54, 1.807) is 19.1 Å². The van der Waals surface area contributed by atoms with Gasteiger partial charge in [-0.25, -0.2) is 8.42 Å². The first-order valence-corrected chi connectivity index (χ1v) is 6.77. The Kier molecular flexibility index (Phi) is 5.11. The van der Waals surface area contributed by atoms with Crippen molar-refractivity contribution < 1.29 is 22.7 Å². The van der Waals surface area contributed by atoms with Gasteiger partial charge in [0.05, 0.1) is 18.6 Å². The van der Waals surface area contributed by atoms with Crippen molar-refractivity contribution in [3.05, 3.63) is 24.3 Å². The molecule has 6 nitrogen and oxygen atoms in total. The Morgan fingerprint density at radius 3 is 2.72 bits per heavy atom. The van der Waals surface area contributed by atoms with Crippen LogP contribution in [-0.2, 0) is 19.6 Å². The minimum Gasteiger partial charge on any atom is -0.497 e. The van der Waals surface area contributed by atoms with Gasteiger partial charge in [-0.2, -0.15) is 4.72 Å². The van der Waals surface area contributed by atoms with Gasteiger partial charge in [0.2, 0.25) is 10.0 Å². The molecule has 7 heteroatoms. The number of benzene rings is 1. The molecule has 0 bridgehead atoms. The van der Waals surface area contributed by atoms with Crippen LogP contribution in [0, 0.1) is 0 Å². The van der Waals surface area contributed by atoms with Gasteiger partial charge in [0.25, 0.3) is 0 Å². The highest BCUT2D eigenvalue weighted by molar-refractivity contribution is 7.89. The van der Waals surface area contributed by atoms with Crippen molar-refractivity contribution >= 4 is 16.0 Å². The fourth-order valence-corrected chi connectivity index (χ4v) is 2.22. The maximum Gasteiger partial charge on any atom is 0.321 e. The predicted molar refractivity (Wildman–Crippen MR) is 64.8 cm³/mol. The molecule has 0 saturated heterocycles. The second-order valence-electron chi connectivity index (χ2n) is 3.31. The largest absolute Gasteiger partial charge is 0.497 e. The molecule has 0 amide bonds. The van der Waals surface area contributed by atoms with Gasteiger partial charge < -0.3 is 9.47 Å². The Labute approximate surface area is 106 Å². The molecular weight excluding hydrogens is 258 g/mol. The molecular formula is C11H15NO5S. The summed E-state index contributed by atoms with van der Waals surface area (Å²) >= 11 is 0.